The smallest absolute Gasteiger partial charge is 0.0275 e. The summed E-state index contributed by atoms with van der Waals surface area (Å²) < 4.78 is 0. The first kappa shape index (κ1) is 16.0. The number of hydrogen-bond acceptors (Lipinski definition) is 2. The highest BCUT2D eigenvalue weighted by atomic mass is 14.9. The fourth-order valence-corrected chi connectivity index (χ4v) is 3.52. The maximum Gasteiger partial charge on any atom is 0.0275 e. The summed E-state index contributed by atoms with van der Waals surface area (Å²) in [5, 5.41) is 3.69. The zero-order valence-electron chi connectivity index (χ0n) is 13.0. The summed E-state index contributed by atoms with van der Waals surface area (Å²) in [6.07, 6.45) is 9.16. The predicted octanol–water partition coefficient (Wildman–Crippen LogP) is 3.70. The topological polar surface area (TPSA) is 38.0 Å². The van der Waals surface area contributed by atoms with Crippen molar-refractivity contribution in [2.75, 3.05) is 13.1 Å². The molecule has 2 nitrogen and oxygen atoms in total. The summed E-state index contributed by atoms with van der Waals surface area (Å²) in [5.74, 6) is 0.810. The lowest BCUT2D eigenvalue weighted by Crippen LogP contribution is -2.49. The Morgan fingerprint density at radius 1 is 1.17 bits per heavy atom. The van der Waals surface area contributed by atoms with Gasteiger partial charge in [0.1, 0.15) is 0 Å². The Bertz CT molecular complexity index is 225. The second-order valence-corrected chi connectivity index (χ2v) is 6.98. The number of hydrogen-bond donors (Lipinski definition) is 2. The van der Waals surface area contributed by atoms with Crippen molar-refractivity contribution in [2.24, 2.45) is 17.1 Å². The largest absolute Gasteiger partial charge is 0.324 e. The Labute approximate surface area is 114 Å². The van der Waals surface area contributed by atoms with Crippen LogP contribution in [0.3, 0.4) is 0 Å². The van der Waals surface area contributed by atoms with Crippen molar-refractivity contribution in [3.8, 4) is 0 Å². The van der Waals surface area contributed by atoms with Gasteiger partial charge in [0, 0.05) is 18.6 Å². The Hall–Kier alpha value is -0.0800. The molecule has 0 aromatic rings. The minimum atomic E-state index is -0.00236. The van der Waals surface area contributed by atoms with Gasteiger partial charge in [0.05, 0.1) is 0 Å². The van der Waals surface area contributed by atoms with Crippen LogP contribution in [0.15, 0.2) is 0 Å². The highest BCUT2D eigenvalue weighted by Gasteiger charge is 2.34. The highest BCUT2D eigenvalue weighted by molar-refractivity contribution is 4.90. The van der Waals surface area contributed by atoms with Crippen LogP contribution in [0, 0.1) is 11.3 Å². The molecule has 2 heteroatoms. The molecule has 1 aliphatic carbocycles. The fourth-order valence-electron chi connectivity index (χ4n) is 3.52. The van der Waals surface area contributed by atoms with Gasteiger partial charge in [-0.2, -0.15) is 0 Å². The molecule has 0 aromatic heterocycles. The maximum absolute atomic E-state index is 6.36. The molecule has 0 atom stereocenters. The van der Waals surface area contributed by atoms with Gasteiger partial charge in [-0.3, -0.25) is 0 Å². The van der Waals surface area contributed by atoms with Gasteiger partial charge in [-0.15, -0.1) is 0 Å². The molecular weight excluding hydrogens is 220 g/mol. The molecule has 108 valence electrons. The van der Waals surface area contributed by atoms with Crippen molar-refractivity contribution in [1.82, 2.24) is 5.32 Å². The zero-order chi connectivity index (χ0) is 13.6. The van der Waals surface area contributed by atoms with Crippen molar-refractivity contribution in [3.63, 3.8) is 0 Å². The third kappa shape index (κ3) is 4.55. The first-order valence-electron chi connectivity index (χ1n) is 7.95. The van der Waals surface area contributed by atoms with E-state index in [4.69, 9.17) is 5.73 Å². The zero-order valence-corrected chi connectivity index (χ0v) is 13.0. The Morgan fingerprint density at radius 3 is 2.17 bits per heavy atom. The first-order chi connectivity index (χ1) is 8.45. The third-order valence-electron chi connectivity index (χ3n) is 4.89. The SMILES string of the molecule is CCC(N)(CC)CNCC1(CC(C)C)CCCC1. The van der Waals surface area contributed by atoms with Crippen LogP contribution < -0.4 is 11.1 Å². The molecule has 0 radical (unpaired) electrons. The summed E-state index contributed by atoms with van der Waals surface area (Å²) in [6, 6.07) is 0. The standard InChI is InChI=1S/C16H34N2/c1-5-16(17,6-2)13-18-12-15(11-14(3)4)9-7-8-10-15/h14,18H,5-13,17H2,1-4H3. The maximum atomic E-state index is 6.36. The molecule has 0 spiro atoms. The van der Waals surface area contributed by atoms with Crippen LogP contribution in [0.2, 0.25) is 0 Å². The molecular formula is C16H34N2. The van der Waals surface area contributed by atoms with E-state index in [9.17, 15) is 0 Å². The second kappa shape index (κ2) is 6.91. The van der Waals surface area contributed by atoms with Gasteiger partial charge >= 0.3 is 0 Å². The molecule has 0 amide bonds. The molecule has 1 aliphatic rings. The normalized spacial score (nSPS) is 19.7. The second-order valence-electron chi connectivity index (χ2n) is 6.98. The number of rotatable bonds is 8. The highest BCUT2D eigenvalue weighted by Crippen LogP contribution is 2.42. The molecule has 18 heavy (non-hydrogen) atoms. The Kier molecular flexibility index (Phi) is 6.13. The molecule has 3 N–H and O–H groups in total. The predicted molar refractivity (Wildman–Crippen MR) is 80.7 cm³/mol. The van der Waals surface area contributed by atoms with Crippen molar-refractivity contribution >= 4 is 0 Å². The van der Waals surface area contributed by atoms with Gasteiger partial charge in [-0.1, -0.05) is 40.5 Å². The summed E-state index contributed by atoms with van der Waals surface area (Å²) in [5.41, 5.74) is 6.93. The third-order valence-corrected chi connectivity index (χ3v) is 4.89. The minimum Gasteiger partial charge on any atom is -0.324 e. The van der Waals surface area contributed by atoms with Crippen molar-refractivity contribution < 1.29 is 0 Å². The molecule has 1 saturated carbocycles. The lowest BCUT2D eigenvalue weighted by Gasteiger charge is -2.34. The lowest BCUT2D eigenvalue weighted by atomic mass is 9.78. The monoisotopic (exact) mass is 254 g/mol. The van der Waals surface area contributed by atoms with Crippen LogP contribution in [0.25, 0.3) is 0 Å². The molecule has 0 saturated heterocycles. The van der Waals surface area contributed by atoms with Crippen LogP contribution in [0.5, 0.6) is 0 Å². The van der Waals surface area contributed by atoms with Crippen LogP contribution in [0.1, 0.15) is 72.6 Å². The van der Waals surface area contributed by atoms with E-state index in [1.54, 1.807) is 0 Å². The van der Waals surface area contributed by atoms with Gasteiger partial charge in [0.2, 0.25) is 0 Å². The van der Waals surface area contributed by atoms with E-state index in [2.05, 4.69) is 33.0 Å². The van der Waals surface area contributed by atoms with E-state index < -0.39 is 0 Å². The van der Waals surface area contributed by atoms with E-state index in [0.717, 1.165) is 25.3 Å². The van der Waals surface area contributed by atoms with Crippen molar-refractivity contribution in [1.29, 1.82) is 0 Å². The molecule has 1 fully saturated rings. The summed E-state index contributed by atoms with van der Waals surface area (Å²) >= 11 is 0. The Morgan fingerprint density at radius 2 is 1.72 bits per heavy atom. The summed E-state index contributed by atoms with van der Waals surface area (Å²) in [4.78, 5) is 0. The van der Waals surface area contributed by atoms with Crippen LogP contribution in [0.4, 0.5) is 0 Å². The van der Waals surface area contributed by atoms with E-state index in [0.29, 0.717) is 5.41 Å². The van der Waals surface area contributed by atoms with E-state index in [1.165, 1.54) is 38.6 Å². The number of nitrogens with one attached hydrogen (secondary N) is 1. The average molecular weight is 254 g/mol. The van der Waals surface area contributed by atoms with Gasteiger partial charge in [0.15, 0.2) is 0 Å². The van der Waals surface area contributed by atoms with Gasteiger partial charge < -0.3 is 11.1 Å². The van der Waals surface area contributed by atoms with E-state index in [-0.39, 0.29) is 5.54 Å². The van der Waals surface area contributed by atoms with Crippen LogP contribution >= 0.6 is 0 Å². The average Bonchev–Trinajstić information content (AvgIpc) is 2.76. The molecule has 1 rings (SSSR count). The number of nitrogens with two attached hydrogens (primary N) is 1. The van der Waals surface area contributed by atoms with Crippen LogP contribution in [-0.2, 0) is 0 Å². The summed E-state index contributed by atoms with van der Waals surface area (Å²) in [6.45, 7) is 11.2. The van der Waals surface area contributed by atoms with E-state index in [1.807, 2.05) is 0 Å². The quantitative estimate of drug-likeness (QED) is 0.693. The van der Waals surface area contributed by atoms with Gasteiger partial charge in [-0.25, -0.2) is 0 Å². The minimum absolute atomic E-state index is 0.00236. The van der Waals surface area contributed by atoms with Crippen molar-refractivity contribution in [2.45, 2.75) is 78.2 Å². The lowest BCUT2D eigenvalue weighted by molar-refractivity contribution is 0.214. The first-order valence-corrected chi connectivity index (χ1v) is 7.95. The summed E-state index contributed by atoms with van der Waals surface area (Å²) in [7, 11) is 0. The molecule has 0 bridgehead atoms. The molecule has 0 aromatic carbocycles. The molecule has 0 aliphatic heterocycles. The fraction of sp³-hybridized carbons (Fsp3) is 1.00. The molecule has 0 unspecified atom stereocenters. The van der Waals surface area contributed by atoms with Gasteiger partial charge in [0.25, 0.3) is 0 Å². The van der Waals surface area contributed by atoms with Crippen LogP contribution in [-0.4, -0.2) is 18.6 Å². The van der Waals surface area contributed by atoms with E-state index >= 15 is 0 Å². The Balaban J connectivity index is 2.43. The molecule has 0 heterocycles. The van der Waals surface area contributed by atoms with Gasteiger partial charge in [-0.05, 0) is 43.4 Å². The van der Waals surface area contributed by atoms with Crippen molar-refractivity contribution in [3.05, 3.63) is 0 Å².